The van der Waals surface area contributed by atoms with Gasteiger partial charge in [-0.3, -0.25) is 0 Å². The van der Waals surface area contributed by atoms with Crippen LogP contribution in [0.15, 0.2) is 18.5 Å². The molecule has 0 saturated heterocycles. The van der Waals surface area contributed by atoms with Gasteiger partial charge in [0.1, 0.15) is 0 Å². The summed E-state index contributed by atoms with van der Waals surface area (Å²) >= 11 is 0. The van der Waals surface area contributed by atoms with Gasteiger partial charge in [0.25, 0.3) is 0 Å². The first-order valence-electron chi connectivity index (χ1n) is 4.04. The Kier molecular flexibility index (Phi) is 2.71. The van der Waals surface area contributed by atoms with E-state index in [0.717, 1.165) is 18.4 Å². The number of nitrogens with zero attached hydrogens (tertiary/aromatic N) is 1. The average molecular weight is 153 g/mol. The van der Waals surface area contributed by atoms with Crippen LogP contribution in [0.4, 0.5) is 0 Å². The summed E-state index contributed by atoms with van der Waals surface area (Å²) < 4.78 is 1.95. The number of rotatable bonds is 3. The van der Waals surface area contributed by atoms with E-state index in [9.17, 15) is 5.11 Å². The number of aliphatic hydroxyl groups excluding tert-OH is 1. The molecule has 2 heteroatoms. The van der Waals surface area contributed by atoms with Crippen molar-refractivity contribution in [3.05, 3.63) is 24.0 Å². The van der Waals surface area contributed by atoms with E-state index in [-0.39, 0.29) is 6.10 Å². The lowest BCUT2D eigenvalue weighted by molar-refractivity contribution is 0.166. The van der Waals surface area contributed by atoms with Crippen molar-refractivity contribution in [2.45, 2.75) is 25.9 Å². The highest BCUT2D eigenvalue weighted by atomic mass is 16.3. The second kappa shape index (κ2) is 3.58. The molecule has 2 nitrogen and oxygen atoms in total. The molecule has 1 atom stereocenters. The predicted octanol–water partition coefficient (Wildman–Crippen LogP) is 1.86. The third kappa shape index (κ3) is 2.09. The molecule has 0 aromatic carbocycles. The highest BCUT2D eigenvalue weighted by Crippen LogP contribution is 2.17. The fourth-order valence-electron chi connectivity index (χ4n) is 1.16. The molecule has 1 heterocycles. The molecule has 0 bridgehead atoms. The Bertz CT molecular complexity index is 217. The molecule has 0 aliphatic carbocycles. The lowest BCUT2D eigenvalue weighted by Gasteiger charge is -2.05. The van der Waals surface area contributed by atoms with Gasteiger partial charge < -0.3 is 9.67 Å². The number of aliphatic hydroxyl groups is 1. The van der Waals surface area contributed by atoms with E-state index in [4.69, 9.17) is 0 Å². The molecule has 0 radical (unpaired) electrons. The van der Waals surface area contributed by atoms with Crippen molar-refractivity contribution in [1.82, 2.24) is 4.57 Å². The van der Waals surface area contributed by atoms with Gasteiger partial charge in [-0.1, -0.05) is 13.3 Å². The van der Waals surface area contributed by atoms with Crippen LogP contribution >= 0.6 is 0 Å². The molecular formula is C9H15NO. The lowest BCUT2D eigenvalue weighted by Crippen LogP contribution is -1.94. The van der Waals surface area contributed by atoms with Crippen LogP contribution in [0.3, 0.4) is 0 Å². The smallest absolute Gasteiger partial charge is 0.0804 e. The largest absolute Gasteiger partial charge is 0.388 e. The Balaban J connectivity index is 2.60. The Morgan fingerprint density at radius 3 is 2.82 bits per heavy atom. The van der Waals surface area contributed by atoms with Gasteiger partial charge in [-0.25, -0.2) is 0 Å². The van der Waals surface area contributed by atoms with E-state index in [2.05, 4.69) is 6.92 Å². The minimum Gasteiger partial charge on any atom is -0.388 e. The maximum Gasteiger partial charge on any atom is 0.0804 e. The summed E-state index contributed by atoms with van der Waals surface area (Å²) in [4.78, 5) is 0. The molecule has 0 fully saturated rings. The summed E-state index contributed by atoms with van der Waals surface area (Å²) in [6.45, 7) is 2.08. The minimum absolute atomic E-state index is 0.277. The summed E-state index contributed by atoms with van der Waals surface area (Å²) in [5.41, 5.74) is 1.02. The number of aryl methyl sites for hydroxylation is 1. The van der Waals surface area contributed by atoms with Crippen molar-refractivity contribution in [3.8, 4) is 0 Å². The molecule has 1 aromatic heterocycles. The zero-order chi connectivity index (χ0) is 8.27. The first-order valence-corrected chi connectivity index (χ1v) is 4.04. The van der Waals surface area contributed by atoms with E-state index in [1.807, 2.05) is 30.1 Å². The third-order valence-electron chi connectivity index (χ3n) is 1.80. The zero-order valence-corrected chi connectivity index (χ0v) is 7.12. The highest BCUT2D eigenvalue weighted by molar-refractivity contribution is 5.12. The maximum absolute atomic E-state index is 9.52. The SMILES string of the molecule is CCCC(O)c1ccn(C)c1. The van der Waals surface area contributed by atoms with Crippen LogP contribution in [-0.4, -0.2) is 9.67 Å². The molecule has 0 aliphatic heterocycles. The first-order chi connectivity index (χ1) is 5.24. The van der Waals surface area contributed by atoms with Crippen LogP contribution in [0.1, 0.15) is 31.4 Å². The predicted molar refractivity (Wildman–Crippen MR) is 45.3 cm³/mol. The summed E-state index contributed by atoms with van der Waals surface area (Å²) in [6.07, 6.45) is 5.51. The molecule has 1 rings (SSSR count). The zero-order valence-electron chi connectivity index (χ0n) is 7.12. The summed E-state index contributed by atoms with van der Waals surface area (Å²) in [5, 5.41) is 9.52. The van der Waals surface area contributed by atoms with Crippen molar-refractivity contribution in [2.75, 3.05) is 0 Å². The first kappa shape index (κ1) is 8.34. The molecule has 0 aliphatic rings. The van der Waals surface area contributed by atoms with Crippen LogP contribution in [0.25, 0.3) is 0 Å². The fourth-order valence-corrected chi connectivity index (χ4v) is 1.16. The van der Waals surface area contributed by atoms with Crippen LogP contribution in [0, 0.1) is 0 Å². The van der Waals surface area contributed by atoms with Crippen LogP contribution in [-0.2, 0) is 7.05 Å². The highest BCUT2D eigenvalue weighted by Gasteiger charge is 2.05. The van der Waals surface area contributed by atoms with Crippen molar-refractivity contribution in [2.24, 2.45) is 7.05 Å². The van der Waals surface area contributed by atoms with E-state index in [1.54, 1.807) is 0 Å². The van der Waals surface area contributed by atoms with Crippen molar-refractivity contribution < 1.29 is 5.11 Å². The van der Waals surface area contributed by atoms with Crippen molar-refractivity contribution >= 4 is 0 Å². The van der Waals surface area contributed by atoms with Crippen LogP contribution < -0.4 is 0 Å². The normalized spacial score (nSPS) is 13.4. The standard InChI is InChI=1S/C9H15NO/c1-3-4-9(11)8-5-6-10(2)7-8/h5-7,9,11H,3-4H2,1-2H3. The summed E-state index contributed by atoms with van der Waals surface area (Å²) in [5.74, 6) is 0. The van der Waals surface area contributed by atoms with Gasteiger partial charge in [0, 0.05) is 19.4 Å². The quantitative estimate of drug-likeness (QED) is 0.704. The van der Waals surface area contributed by atoms with Gasteiger partial charge in [-0.2, -0.15) is 0 Å². The van der Waals surface area contributed by atoms with Gasteiger partial charge >= 0.3 is 0 Å². The molecule has 0 spiro atoms. The third-order valence-corrected chi connectivity index (χ3v) is 1.80. The van der Waals surface area contributed by atoms with E-state index in [1.165, 1.54) is 0 Å². The summed E-state index contributed by atoms with van der Waals surface area (Å²) in [7, 11) is 1.96. The second-order valence-electron chi connectivity index (χ2n) is 2.91. The van der Waals surface area contributed by atoms with E-state index >= 15 is 0 Å². The molecular weight excluding hydrogens is 138 g/mol. The molecule has 1 N–H and O–H groups in total. The monoisotopic (exact) mass is 153 g/mol. The van der Waals surface area contributed by atoms with Gasteiger partial charge in [0.15, 0.2) is 0 Å². The Morgan fingerprint density at radius 2 is 2.36 bits per heavy atom. The van der Waals surface area contributed by atoms with Gasteiger partial charge in [0.05, 0.1) is 6.10 Å². The van der Waals surface area contributed by atoms with Crippen molar-refractivity contribution in [3.63, 3.8) is 0 Å². The number of hydrogen-bond donors (Lipinski definition) is 1. The minimum atomic E-state index is -0.277. The second-order valence-corrected chi connectivity index (χ2v) is 2.91. The molecule has 1 unspecified atom stereocenters. The molecule has 11 heavy (non-hydrogen) atoms. The van der Waals surface area contributed by atoms with Crippen LogP contribution in [0.5, 0.6) is 0 Å². The Morgan fingerprint density at radius 1 is 1.64 bits per heavy atom. The lowest BCUT2D eigenvalue weighted by atomic mass is 10.1. The van der Waals surface area contributed by atoms with Gasteiger partial charge in [-0.15, -0.1) is 0 Å². The van der Waals surface area contributed by atoms with Crippen LogP contribution in [0.2, 0.25) is 0 Å². The van der Waals surface area contributed by atoms with E-state index < -0.39 is 0 Å². The summed E-state index contributed by atoms with van der Waals surface area (Å²) in [6, 6.07) is 1.96. The topological polar surface area (TPSA) is 25.2 Å². The number of hydrogen-bond acceptors (Lipinski definition) is 1. The number of aromatic nitrogens is 1. The average Bonchev–Trinajstić information content (AvgIpc) is 2.36. The molecule has 0 saturated carbocycles. The Hall–Kier alpha value is -0.760. The van der Waals surface area contributed by atoms with Gasteiger partial charge in [0.2, 0.25) is 0 Å². The molecule has 0 amide bonds. The van der Waals surface area contributed by atoms with Gasteiger partial charge in [-0.05, 0) is 18.1 Å². The molecule has 62 valence electrons. The fraction of sp³-hybridized carbons (Fsp3) is 0.556. The molecule has 1 aromatic rings. The maximum atomic E-state index is 9.52. The Labute approximate surface area is 67.5 Å². The van der Waals surface area contributed by atoms with E-state index in [0.29, 0.717) is 0 Å². The van der Waals surface area contributed by atoms with Crippen molar-refractivity contribution in [1.29, 1.82) is 0 Å².